The van der Waals surface area contributed by atoms with E-state index in [9.17, 15) is 22.8 Å². The molecule has 5 nitrogen and oxygen atoms in total. The first-order valence-electron chi connectivity index (χ1n) is 7.38. The largest absolute Gasteiger partial charge is 0.494 e. The Bertz CT molecular complexity index is 575. The minimum Gasteiger partial charge on any atom is -0.494 e. The Balaban J connectivity index is 2.60. The molecule has 0 aliphatic rings. The Kier molecular flexibility index (Phi) is 7.06. The molecule has 0 saturated heterocycles. The van der Waals surface area contributed by atoms with Crippen molar-refractivity contribution in [3.63, 3.8) is 0 Å². The maximum Gasteiger partial charge on any atom is 0.471 e. The number of likely N-dealkylation sites (N-methyl/N-ethyl adjacent to an activating group) is 1. The number of alkyl halides is 3. The van der Waals surface area contributed by atoms with Crippen LogP contribution in [0.3, 0.4) is 0 Å². The fourth-order valence-corrected chi connectivity index (χ4v) is 2.05. The molecule has 1 unspecified atom stereocenters. The maximum atomic E-state index is 12.4. The average Bonchev–Trinajstić information content (AvgIpc) is 2.49. The van der Waals surface area contributed by atoms with E-state index in [1.54, 1.807) is 24.3 Å². The van der Waals surface area contributed by atoms with Gasteiger partial charge in [0.1, 0.15) is 5.75 Å². The van der Waals surface area contributed by atoms with Crippen LogP contribution in [0.5, 0.6) is 5.75 Å². The number of ether oxygens (including phenoxy) is 1. The highest BCUT2D eigenvalue weighted by molar-refractivity contribution is 5.81. The molecule has 0 bridgehead atoms. The van der Waals surface area contributed by atoms with Gasteiger partial charge in [-0.15, -0.1) is 0 Å². The summed E-state index contributed by atoms with van der Waals surface area (Å²) < 4.78 is 42.7. The normalized spacial score (nSPS) is 12.5. The number of aliphatic carboxylic acids is 1. The van der Waals surface area contributed by atoms with Gasteiger partial charge in [-0.1, -0.05) is 12.1 Å². The van der Waals surface area contributed by atoms with Crippen LogP contribution in [0.2, 0.25) is 0 Å². The molecule has 134 valence electrons. The van der Waals surface area contributed by atoms with Crippen molar-refractivity contribution in [1.29, 1.82) is 0 Å². The minimum absolute atomic E-state index is 0.00106. The number of rotatable bonds is 8. The van der Waals surface area contributed by atoms with Crippen molar-refractivity contribution < 1.29 is 32.6 Å². The maximum absolute atomic E-state index is 12.4. The first-order valence-corrected chi connectivity index (χ1v) is 7.38. The van der Waals surface area contributed by atoms with Crippen molar-refractivity contribution in [3.05, 3.63) is 29.8 Å². The van der Waals surface area contributed by atoms with Crippen LogP contribution in [-0.4, -0.2) is 47.8 Å². The van der Waals surface area contributed by atoms with Gasteiger partial charge in [0, 0.05) is 19.5 Å². The SMILES string of the molecule is CC(Cc1cccc(OCCCC(=O)O)c1)N(C)C(=O)C(F)(F)F. The highest BCUT2D eigenvalue weighted by Gasteiger charge is 2.42. The fourth-order valence-electron chi connectivity index (χ4n) is 2.05. The van der Waals surface area contributed by atoms with Gasteiger partial charge in [-0.3, -0.25) is 9.59 Å². The minimum atomic E-state index is -4.89. The third kappa shape index (κ3) is 6.47. The molecular weight excluding hydrogens is 327 g/mol. The molecule has 1 aromatic carbocycles. The lowest BCUT2D eigenvalue weighted by molar-refractivity contribution is -0.185. The molecule has 0 radical (unpaired) electrons. The van der Waals surface area contributed by atoms with Gasteiger partial charge in [0.15, 0.2) is 0 Å². The topological polar surface area (TPSA) is 66.8 Å². The first-order chi connectivity index (χ1) is 11.1. The lowest BCUT2D eigenvalue weighted by Crippen LogP contribution is -2.44. The lowest BCUT2D eigenvalue weighted by Gasteiger charge is -2.26. The molecule has 0 aliphatic carbocycles. The summed E-state index contributed by atoms with van der Waals surface area (Å²) in [4.78, 5) is 22.3. The van der Waals surface area contributed by atoms with Gasteiger partial charge in [-0.05, 0) is 37.5 Å². The summed E-state index contributed by atoms with van der Waals surface area (Å²) in [5.41, 5.74) is 0.722. The molecule has 0 spiro atoms. The van der Waals surface area contributed by atoms with Gasteiger partial charge < -0.3 is 14.7 Å². The van der Waals surface area contributed by atoms with Crippen LogP contribution in [-0.2, 0) is 16.0 Å². The van der Waals surface area contributed by atoms with E-state index in [2.05, 4.69) is 0 Å². The molecule has 1 aromatic rings. The molecular formula is C16H20F3NO4. The second-order valence-corrected chi connectivity index (χ2v) is 5.46. The third-order valence-corrected chi connectivity index (χ3v) is 3.46. The molecule has 0 aromatic heterocycles. The van der Waals surface area contributed by atoms with Gasteiger partial charge in [-0.25, -0.2) is 0 Å². The van der Waals surface area contributed by atoms with Gasteiger partial charge in [-0.2, -0.15) is 13.2 Å². The van der Waals surface area contributed by atoms with E-state index in [1.807, 2.05) is 0 Å². The number of benzene rings is 1. The molecule has 0 aliphatic heterocycles. The molecule has 0 heterocycles. The Labute approximate surface area is 138 Å². The summed E-state index contributed by atoms with van der Waals surface area (Å²) in [7, 11) is 1.12. The zero-order valence-electron chi connectivity index (χ0n) is 13.5. The van der Waals surface area contributed by atoms with E-state index >= 15 is 0 Å². The highest BCUT2D eigenvalue weighted by atomic mass is 19.4. The van der Waals surface area contributed by atoms with Crippen molar-refractivity contribution in [2.75, 3.05) is 13.7 Å². The predicted molar refractivity (Wildman–Crippen MR) is 80.8 cm³/mol. The standard InChI is InChI=1S/C16H20F3NO4/c1-11(20(2)15(23)16(17,18)19)9-12-5-3-6-13(10-12)24-8-4-7-14(21)22/h3,5-6,10-11H,4,7-9H2,1-2H3,(H,21,22). The van der Waals surface area contributed by atoms with Crippen molar-refractivity contribution in [1.82, 2.24) is 4.90 Å². The van der Waals surface area contributed by atoms with Gasteiger partial charge in [0.25, 0.3) is 0 Å². The zero-order chi connectivity index (χ0) is 18.3. The van der Waals surface area contributed by atoms with E-state index in [0.717, 1.165) is 12.6 Å². The summed E-state index contributed by atoms with van der Waals surface area (Å²) in [6, 6.07) is 6.14. The number of carbonyl (C=O) groups is 2. The number of carboxylic acids is 1. The molecule has 1 amide bonds. The summed E-state index contributed by atoms with van der Waals surface area (Å²) in [5, 5.41) is 8.54. The molecule has 1 rings (SSSR count). The number of hydrogen-bond acceptors (Lipinski definition) is 3. The number of hydrogen-bond donors (Lipinski definition) is 1. The predicted octanol–water partition coefficient (Wildman–Crippen LogP) is 2.88. The Morgan fingerprint density at radius 2 is 2.00 bits per heavy atom. The molecule has 24 heavy (non-hydrogen) atoms. The van der Waals surface area contributed by atoms with Crippen LogP contribution in [0.1, 0.15) is 25.3 Å². The third-order valence-electron chi connectivity index (χ3n) is 3.46. The zero-order valence-corrected chi connectivity index (χ0v) is 13.5. The molecule has 8 heteroatoms. The summed E-state index contributed by atoms with van der Waals surface area (Å²) >= 11 is 0. The average molecular weight is 347 g/mol. The fraction of sp³-hybridized carbons (Fsp3) is 0.500. The molecule has 1 atom stereocenters. The summed E-state index contributed by atoms with van der Waals surface area (Å²) in [6.45, 7) is 1.77. The number of amides is 1. The second-order valence-electron chi connectivity index (χ2n) is 5.46. The number of carboxylic acid groups (broad SMARTS) is 1. The van der Waals surface area contributed by atoms with Gasteiger partial charge in [0.05, 0.1) is 6.61 Å². The van der Waals surface area contributed by atoms with Crippen LogP contribution >= 0.6 is 0 Å². The quantitative estimate of drug-likeness (QED) is 0.735. The second kappa shape index (κ2) is 8.56. The van der Waals surface area contributed by atoms with Crippen molar-refractivity contribution in [2.45, 2.75) is 38.4 Å². The van der Waals surface area contributed by atoms with Gasteiger partial charge >= 0.3 is 18.1 Å². The van der Waals surface area contributed by atoms with E-state index in [1.165, 1.54) is 6.92 Å². The van der Waals surface area contributed by atoms with Crippen LogP contribution in [0, 0.1) is 0 Å². The molecule has 1 N–H and O–H groups in total. The number of halogens is 3. The Hall–Kier alpha value is -2.25. The monoisotopic (exact) mass is 347 g/mol. The van der Waals surface area contributed by atoms with Crippen molar-refractivity contribution in [2.24, 2.45) is 0 Å². The smallest absolute Gasteiger partial charge is 0.471 e. The van der Waals surface area contributed by atoms with Crippen molar-refractivity contribution >= 4 is 11.9 Å². The Morgan fingerprint density at radius 3 is 2.58 bits per heavy atom. The van der Waals surface area contributed by atoms with Crippen molar-refractivity contribution in [3.8, 4) is 5.75 Å². The number of carbonyl (C=O) groups excluding carboxylic acids is 1. The van der Waals surface area contributed by atoms with Gasteiger partial charge in [0.2, 0.25) is 0 Å². The molecule has 0 saturated carbocycles. The van der Waals surface area contributed by atoms with E-state index < -0.39 is 24.1 Å². The van der Waals surface area contributed by atoms with E-state index in [4.69, 9.17) is 9.84 Å². The van der Waals surface area contributed by atoms with Crippen LogP contribution < -0.4 is 4.74 Å². The molecule has 0 fully saturated rings. The van der Waals surface area contributed by atoms with E-state index in [0.29, 0.717) is 17.1 Å². The van der Waals surface area contributed by atoms with E-state index in [-0.39, 0.29) is 19.4 Å². The lowest BCUT2D eigenvalue weighted by atomic mass is 10.1. The van der Waals surface area contributed by atoms with Crippen LogP contribution in [0.4, 0.5) is 13.2 Å². The van der Waals surface area contributed by atoms with Crippen LogP contribution in [0.15, 0.2) is 24.3 Å². The highest BCUT2D eigenvalue weighted by Crippen LogP contribution is 2.21. The van der Waals surface area contributed by atoms with Crippen LogP contribution in [0.25, 0.3) is 0 Å². The number of nitrogens with zero attached hydrogens (tertiary/aromatic N) is 1. The summed E-state index contributed by atoms with van der Waals surface area (Å²) in [5.74, 6) is -2.27. The first kappa shape index (κ1) is 19.8. The Morgan fingerprint density at radius 1 is 1.33 bits per heavy atom. The summed E-state index contributed by atoms with van der Waals surface area (Å²) in [6.07, 6.45) is -4.29.